The van der Waals surface area contributed by atoms with E-state index < -0.39 is 0 Å². The minimum Gasteiger partial charge on any atom is -0.369 e. The van der Waals surface area contributed by atoms with Crippen molar-refractivity contribution in [3.63, 3.8) is 0 Å². The summed E-state index contributed by atoms with van der Waals surface area (Å²) in [5, 5.41) is 8.69. The molecule has 0 unspecified atom stereocenters. The van der Waals surface area contributed by atoms with Gasteiger partial charge >= 0.3 is 0 Å². The van der Waals surface area contributed by atoms with Crippen LogP contribution in [0, 0.1) is 11.3 Å². The van der Waals surface area contributed by atoms with E-state index in [1.165, 1.54) is 0 Å². The van der Waals surface area contributed by atoms with Gasteiger partial charge in [-0.3, -0.25) is 4.57 Å². The first-order valence-corrected chi connectivity index (χ1v) is 6.88. The van der Waals surface area contributed by atoms with Gasteiger partial charge in [-0.25, -0.2) is 4.98 Å². The van der Waals surface area contributed by atoms with Gasteiger partial charge in [-0.15, -0.1) is 0 Å². The van der Waals surface area contributed by atoms with Crippen molar-refractivity contribution in [1.82, 2.24) is 9.55 Å². The Morgan fingerprint density at radius 3 is 2.65 bits per heavy atom. The zero-order chi connectivity index (χ0) is 14.1. The second-order valence-corrected chi connectivity index (χ2v) is 5.36. The molecule has 0 bridgehead atoms. The summed E-state index contributed by atoms with van der Waals surface area (Å²) >= 11 is 3.43. The fourth-order valence-corrected chi connectivity index (χ4v) is 2.55. The molecule has 0 radical (unpaired) electrons. The van der Waals surface area contributed by atoms with E-state index in [1.807, 2.05) is 47.0 Å². The van der Waals surface area contributed by atoms with Crippen molar-refractivity contribution in [3.05, 3.63) is 52.5 Å². The van der Waals surface area contributed by atoms with Crippen LogP contribution in [0.5, 0.6) is 0 Å². The zero-order valence-corrected chi connectivity index (χ0v) is 12.1. The topological polar surface area (TPSA) is 67.6 Å². The van der Waals surface area contributed by atoms with E-state index in [9.17, 15) is 0 Å². The number of halogens is 1. The van der Waals surface area contributed by atoms with Crippen LogP contribution in [0.2, 0.25) is 0 Å². The quantitative estimate of drug-likeness (QED) is 0.784. The van der Waals surface area contributed by atoms with E-state index in [4.69, 9.17) is 11.0 Å². The van der Waals surface area contributed by atoms with Crippen LogP contribution in [0.1, 0.15) is 5.56 Å². The lowest BCUT2D eigenvalue weighted by atomic mass is 10.1. The molecular weight excluding hydrogens is 316 g/mol. The maximum atomic E-state index is 8.69. The Morgan fingerprint density at radius 1 is 1.20 bits per heavy atom. The molecule has 4 nitrogen and oxygen atoms in total. The van der Waals surface area contributed by atoms with Crippen molar-refractivity contribution in [3.8, 4) is 11.8 Å². The number of imidazole rings is 1. The van der Waals surface area contributed by atoms with Crippen molar-refractivity contribution in [2.75, 3.05) is 5.73 Å². The largest absolute Gasteiger partial charge is 0.369 e. The molecule has 20 heavy (non-hydrogen) atoms. The maximum Gasteiger partial charge on any atom is 0.205 e. The minimum atomic E-state index is 0.410. The van der Waals surface area contributed by atoms with E-state index in [0.717, 1.165) is 26.8 Å². The molecule has 2 aromatic carbocycles. The Kier molecular flexibility index (Phi) is 3.17. The zero-order valence-electron chi connectivity index (χ0n) is 10.5. The summed E-state index contributed by atoms with van der Waals surface area (Å²) in [6.07, 6.45) is 0.410. The van der Waals surface area contributed by atoms with Crippen molar-refractivity contribution in [2.24, 2.45) is 0 Å². The number of anilines is 1. The Morgan fingerprint density at radius 2 is 1.95 bits per heavy atom. The van der Waals surface area contributed by atoms with Gasteiger partial charge in [0.05, 0.1) is 23.5 Å². The van der Waals surface area contributed by atoms with Gasteiger partial charge in [0, 0.05) is 10.2 Å². The maximum absolute atomic E-state index is 8.69. The molecule has 1 heterocycles. The summed E-state index contributed by atoms with van der Waals surface area (Å²) in [6, 6.07) is 15.8. The third kappa shape index (κ3) is 2.15. The third-order valence-electron chi connectivity index (χ3n) is 3.12. The highest BCUT2D eigenvalue weighted by atomic mass is 79.9. The summed E-state index contributed by atoms with van der Waals surface area (Å²) < 4.78 is 2.87. The molecule has 5 heteroatoms. The molecule has 0 spiro atoms. The van der Waals surface area contributed by atoms with Gasteiger partial charge in [-0.2, -0.15) is 5.26 Å². The summed E-state index contributed by atoms with van der Waals surface area (Å²) in [4.78, 5) is 4.37. The molecule has 0 saturated heterocycles. The Hall–Kier alpha value is -2.32. The molecule has 0 aliphatic heterocycles. The van der Waals surface area contributed by atoms with E-state index in [2.05, 4.69) is 27.0 Å². The summed E-state index contributed by atoms with van der Waals surface area (Å²) in [5.41, 5.74) is 9.75. The number of aromatic nitrogens is 2. The highest BCUT2D eigenvalue weighted by molar-refractivity contribution is 9.10. The second-order valence-electron chi connectivity index (χ2n) is 4.44. The molecule has 0 saturated carbocycles. The fraction of sp³-hybridized carbons (Fsp3) is 0.0667. The molecule has 3 aromatic rings. The molecule has 3 rings (SSSR count). The average Bonchev–Trinajstić information content (AvgIpc) is 2.75. The van der Waals surface area contributed by atoms with Crippen LogP contribution in [0.15, 0.2) is 46.9 Å². The number of nitrogen functional groups attached to an aromatic ring is 1. The number of nitriles is 1. The summed E-state index contributed by atoms with van der Waals surface area (Å²) in [6.45, 7) is 0. The van der Waals surface area contributed by atoms with Crippen molar-refractivity contribution >= 4 is 32.9 Å². The highest BCUT2D eigenvalue weighted by Crippen LogP contribution is 2.25. The Balaban J connectivity index is 2.14. The van der Waals surface area contributed by atoms with Gasteiger partial charge in [0.1, 0.15) is 0 Å². The van der Waals surface area contributed by atoms with Crippen molar-refractivity contribution in [2.45, 2.75) is 6.42 Å². The SMILES string of the molecule is N#CCc1ccc(-n2c(N)nc3cc(Br)ccc32)cc1. The summed E-state index contributed by atoms with van der Waals surface area (Å²) in [7, 11) is 0. The van der Waals surface area contributed by atoms with Crippen molar-refractivity contribution < 1.29 is 0 Å². The number of hydrogen-bond donors (Lipinski definition) is 1. The fourth-order valence-electron chi connectivity index (χ4n) is 2.20. The molecule has 0 aliphatic rings. The average molecular weight is 327 g/mol. The molecule has 0 fully saturated rings. The van der Waals surface area contributed by atoms with Crippen LogP contribution in [0.4, 0.5) is 5.95 Å². The first kappa shape index (κ1) is 12.7. The van der Waals surface area contributed by atoms with Gasteiger partial charge in [0.2, 0.25) is 5.95 Å². The standard InChI is InChI=1S/C15H11BrN4/c16-11-3-6-14-13(9-11)19-15(18)20(14)12-4-1-10(2-5-12)7-8-17/h1-6,9H,7H2,(H2,18,19). The number of rotatable bonds is 2. The normalized spacial score (nSPS) is 10.6. The van der Waals surface area contributed by atoms with Crippen LogP contribution in [0.25, 0.3) is 16.7 Å². The van der Waals surface area contributed by atoms with Crippen LogP contribution in [-0.2, 0) is 6.42 Å². The van der Waals surface area contributed by atoms with Gasteiger partial charge in [0.15, 0.2) is 0 Å². The van der Waals surface area contributed by atoms with Gasteiger partial charge in [0.25, 0.3) is 0 Å². The molecule has 0 atom stereocenters. The third-order valence-corrected chi connectivity index (χ3v) is 3.61. The van der Waals surface area contributed by atoms with Crippen LogP contribution in [0.3, 0.4) is 0 Å². The van der Waals surface area contributed by atoms with E-state index in [0.29, 0.717) is 12.4 Å². The lowest BCUT2D eigenvalue weighted by molar-refractivity contribution is 1.10. The highest BCUT2D eigenvalue weighted by Gasteiger charge is 2.10. The first-order valence-electron chi connectivity index (χ1n) is 6.09. The second kappa shape index (κ2) is 4.99. The number of hydrogen-bond acceptors (Lipinski definition) is 3. The van der Waals surface area contributed by atoms with E-state index >= 15 is 0 Å². The van der Waals surface area contributed by atoms with E-state index in [1.54, 1.807) is 0 Å². The number of benzene rings is 2. The number of nitrogens with two attached hydrogens (primary N) is 1. The number of nitrogens with zero attached hydrogens (tertiary/aromatic N) is 3. The lowest BCUT2D eigenvalue weighted by Gasteiger charge is -2.07. The number of fused-ring (bicyclic) bond motifs is 1. The predicted octanol–water partition coefficient (Wildman–Crippen LogP) is 3.44. The summed E-state index contributed by atoms with van der Waals surface area (Å²) in [5.74, 6) is 0.450. The van der Waals surface area contributed by atoms with Crippen LogP contribution < -0.4 is 5.73 Å². The minimum absolute atomic E-state index is 0.410. The van der Waals surface area contributed by atoms with Gasteiger partial charge in [-0.1, -0.05) is 28.1 Å². The Labute approximate surface area is 124 Å². The molecule has 0 aliphatic carbocycles. The smallest absolute Gasteiger partial charge is 0.205 e. The molecule has 98 valence electrons. The van der Waals surface area contributed by atoms with Crippen LogP contribution in [-0.4, -0.2) is 9.55 Å². The molecule has 2 N–H and O–H groups in total. The van der Waals surface area contributed by atoms with E-state index in [-0.39, 0.29) is 0 Å². The molecule has 0 amide bonds. The van der Waals surface area contributed by atoms with Crippen LogP contribution >= 0.6 is 15.9 Å². The first-order chi connectivity index (χ1) is 9.69. The van der Waals surface area contributed by atoms with Gasteiger partial charge < -0.3 is 5.73 Å². The molecular formula is C15H11BrN4. The lowest BCUT2D eigenvalue weighted by Crippen LogP contribution is -2.00. The predicted molar refractivity (Wildman–Crippen MR) is 82.5 cm³/mol. The monoisotopic (exact) mass is 326 g/mol. The molecule has 1 aromatic heterocycles. The van der Waals surface area contributed by atoms with Gasteiger partial charge in [-0.05, 0) is 35.9 Å². The van der Waals surface area contributed by atoms with Crippen molar-refractivity contribution in [1.29, 1.82) is 5.26 Å². The Bertz CT molecular complexity index is 812.